The molecule has 0 aliphatic heterocycles. The Bertz CT molecular complexity index is 617. The second-order valence-corrected chi connectivity index (χ2v) is 6.08. The van der Waals surface area contributed by atoms with Gasteiger partial charge in [-0.25, -0.2) is 8.78 Å². The average molecular weight is 405 g/mol. The summed E-state index contributed by atoms with van der Waals surface area (Å²) in [6, 6.07) is 9.85. The molecule has 0 aliphatic carbocycles. The minimum atomic E-state index is -0.305. The molecule has 5 heteroatoms. The number of hydrogen-bond donors (Lipinski definition) is 1. The molecule has 0 saturated carbocycles. The summed E-state index contributed by atoms with van der Waals surface area (Å²) in [5, 5.41) is 3.13. The summed E-state index contributed by atoms with van der Waals surface area (Å²) in [5.41, 5.74) is 1.66. The van der Waals surface area contributed by atoms with Gasteiger partial charge < -0.3 is 5.32 Å². The van der Waals surface area contributed by atoms with E-state index in [4.69, 9.17) is 0 Å². The van der Waals surface area contributed by atoms with E-state index < -0.39 is 0 Å². The van der Waals surface area contributed by atoms with Gasteiger partial charge in [-0.05, 0) is 74.7 Å². The van der Waals surface area contributed by atoms with E-state index in [9.17, 15) is 8.78 Å². The Morgan fingerprint density at radius 2 is 1.85 bits per heavy atom. The van der Waals surface area contributed by atoms with Crippen molar-refractivity contribution in [1.82, 2.24) is 5.32 Å². The van der Waals surface area contributed by atoms with Gasteiger partial charge in [0.05, 0.1) is 8.95 Å². The molecule has 0 aromatic heterocycles. The van der Waals surface area contributed by atoms with Crippen molar-refractivity contribution in [2.75, 3.05) is 7.05 Å². The van der Waals surface area contributed by atoms with Crippen LogP contribution < -0.4 is 5.32 Å². The third kappa shape index (κ3) is 3.45. The first kappa shape index (κ1) is 15.6. The van der Waals surface area contributed by atoms with E-state index in [-0.39, 0.29) is 17.7 Å². The maximum Gasteiger partial charge on any atom is 0.137 e. The molecular formula is C15H13Br2F2N. The lowest BCUT2D eigenvalue weighted by Gasteiger charge is -2.18. The molecule has 0 saturated heterocycles. The van der Waals surface area contributed by atoms with Gasteiger partial charge in [-0.3, -0.25) is 0 Å². The first-order chi connectivity index (χ1) is 9.52. The topological polar surface area (TPSA) is 12.0 Å². The predicted octanol–water partition coefficient (Wildman–Crippen LogP) is 4.99. The highest BCUT2D eigenvalue weighted by atomic mass is 79.9. The van der Waals surface area contributed by atoms with Crippen LogP contribution in [0.25, 0.3) is 0 Å². The molecule has 20 heavy (non-hydrogen) atoms. The van der Waals surface area contributed by atoms with Gasteiger partial charge in [0.2, 0.25) is 0 Å². The van der Waals surface area contributed by atoms with Crippen LogP contribution in [-0.4, -0.2) is 7.05 Å². The zero-order chi connectivity index (χ0) is 14.7. The Kier molecular flexibility index (Phi) is 5.29. The summed E-state index contributed by atoms with van der Waals surface area (Å²) in [6.45, 7) is 0. The molecule has 1 atom stereocenters. The van der Waals surface area contributed by atoms with E-state index in [1.807, 2.05) is 12.1 Å². The molecule has 2 aromatic carbocycles. The van der Waals surface area contributed by atoms with Crippen LogP contribution in [0.4, 0.5) is 8.78 Å². The van der Waals surface area contributed by atoms with E-state index in [0.29, 0.717) is 15.4 Å². The summed E-state index contributed by atoms with van der Waals surface area (Å²) in [4.78, 5) is 0. The lowest BCUT2D eigenvalue weighted by Crippen LogP contribution is -2.19. The van der Waals surface area contributed by atoms with Crippen molar-refractivity contribution in [2.24, 2.45) is 0 Å². The second kappa shape index (κ2) is 6.78. The molecule has 0 radical (unpaired) electrons. The molecule has 1 nitrogen and oxygen atoms in total. The van der Waals surface area contributed by atoms with Crippen LogP contribution in [0, 0.1) is 11.6 Å². The number of likely N-dealkylation sites (N-methyl/N-ethyl adjacent to an activating group) is 1. The second-order valence-electron chi connectivity index (χ2n) is 4.43. The summed E-state index contributed by atoms with van der Waals surface area (Å²) in [5.74, 6) is -0.597. The van der Waals surface area contributed by atoms with Crippen molar-refractivity contribution in [3.8, 4) is 0 Å². The Hall–Kier alpha value is -0.780. The maximum absolute atomic E-state index is 13.6. The van der Waals surface area contributed by atoms with E-state index in [0.717, 1.165) is 11.1 Å². The maximum atomic E-state index is 13.6. The Balaban J connectivity index is 2.28. The first-order valence-electron chi connectivity index (χ1n) is 6.08. The first-order valence-corrected chi connectivity index (χ1v) is 7.66. The molecule has 0 heterocycles. The van der Waals surface area contributed by atoms with Gasteiger partial charge in [-0.15, -0.1) is 0 Å². The highest BCUT2D eigenvalue weighted by molar-refractivity contribution is 9.10. The van der Waals surface area contributed by atoms with Crippen molar-refractivity contribution < 1.29 is 8.78 Å². The third-order valence-electron chi connectivity index (χ3n) is 3.15. The molecule has 1 N–H and O–H groups in total. The van der Waals surface area contributed by atoms with Crippen molar-refractivity contribution in [2.45, 2.75) is 12.5 Å². The average Bonchev–Trinajstić information content (AvgIpc) is 2.44. The fraction of sp³-hybridized carbons (Fsp3) is 0.200. The van der Waals surface area contributed by atoms with Crippen LogP contribution in [-0.2, 0) is 6.42 Å². The van der Waals surface area contributed by atoms with Gasteiger partial charge in [-0.2, -0.15) is 0 Å². The normalized spacial score (nSPS) is 12.4. The molecule has 2 aromatic rings. The van der Waals surface area contributed by atoms with Crippen molar-refractivity contribution in [3.63, 3.8) is 0 Å². The Morgan fingerprint density at radius 1 is 1.10 bits per heavy atom. The Morgan fingerprint density at radius 3 is 2.50 bits per heavy atom. The van der Waals surface area contributed by atoms with Crippen LogP contribution in [0.15, 0.2) is 45.3 Å². The summed E-state index contributed by atoms with van der Waals surface area (Å²) in [7, 11) is 1.80. The zero-order valence-electron chi connectivity index (χ0n) is 10.8. The minimum absolute atomic E-state index is 0.0873. The predicted molar refractivity (Wildman–Crippen MR) is 83.7 cm³/mol. The van der Waals surface area contributed by atoms with Crippen molar-refractivity contribution >= 4 is 31.9 Å². The smallest absolute Gasteiger partial charge is 0.137 e. The van der Waals surface area contributed by atoms with Gasteiger partial charge in [0.1, 0.15) is 11.6 Å². The van der Waals surface area contributed by atoms with Gasteiger partial charge >= 0.3 is 0 Å². The summed E-state index contributed by atoms with van der Waals surface area (Å²) in [6.07, 6.45) is 0.565. The highest BCUT2D eigenvalue weighted by Gasteiger charge is 2.15. The van der Waals surface area contributed by atoms with Crippen LogP contribution in [0.1, 0.15) is 17.2 Å². The van der Waals surface area contributed by atoms with Crippen molar-refractivity contribution in [3.05, 3.63) is 68.1 Å². The molecule has 0 amide bonds. The molecule has 0 aliphatic rings. The van der Waals surface area contributed by atoms with Crippen LogP contribution in [0.3, 0.4) is 0 Å². The number of halogens is 4. The highest BCUT2D eigenvalue weighted by Crippen LogP contribution is 2.27. The zero-order valence-corrected chi connectivity index (χ0v) is 13.9. The van der Waals surface area contributed by atoms with E-state index >= 15 is 0 Å². The van der Waals surface area contributed by atoms with E-state index in [1.54, 1.807) is 19.2 Å². The quantitative estimate of drug-likeness (QED) is 0.756. The number of rotatable bonds is 4. The monoisotopic (exact) mass is 403 g/mol. The lowest BCUT2D eigenvalue weighted by atomic mass is 9.99. The minimum Gasteiger partial charge on any atom is -0.313 e. The number of hydrogen-bond acceptors (Lipinski definition) is 1. The number of benzene rings is 2. The number of nitrogens with one attached hydrogen (secondary N) is 1. The molecule has 106 valence electrons. The van der Waals surface area contributed by atoms with Crippen LogP contribution in [0.2, 0.25) is 0 Å². The summed E-state index contributed by atoms with van der Waals surface area (Å²) >= 11 is 6.39. The van der Waals surface area contributed by atoms with E-state index in [1.165, 1.54) is 12.1 Å². The van der Waals surface area contributed by atoms with Crippen LogP contribution in [0.5, 0.6) is 0 Å². The van der Waals surface area contributed by atoms with Gasteiger partial charge in [0.15, 0.2) is 0 Å². The molecule has 2 rings (SSSR count). The fourth-order valence-corrected chi connectivity index (χ4v) is 2.71. The largest absolute Gasteiger partial charge is 0.313 e. The van der Waals surface area contributed by atoms with Gasteiger partial charge in [-0.1, -0.05) is 18.2 Å². The van der Waals surface area contributed by atoms with Crippen LogP contribution >= 0.6 is 31.9 Å². The van der Waals surface area contributed by atoms with Gasteiger partial charge in [0, 0.05) is 6.04 Å². The fourth-order valence-electron chi connectivity index (χ4n) is 2.04. The third-order valence-corrected chi connectivity index (χ3v) is 4.68. The Labute approximate surface area is 133 Å². The SMILES string of the molecule is CNC(Cc1cccc(F)c1Br)c1ccc(Br)c(F)c1. The van der Waals surface area contributed by atoms with Crippen molar-refractivity contribution in [1.29, 1.82) is 0 Å². The molecule has 0 spiro atoms. The standard InChI is InChI=1S/C15H13Br2F2N/c1-20-14(9-5-6-11(16)13(19)7-9)8-10-3-2-4-12(18)15(10)17/h2-7,14,20H,8H2,1H3. The molecular weight excluding hydrogens is 392 g/mol. The molecule has 0 fully saturated rings. The van der Waals surface area contributed by atoms with Gasteiger partial charge in [0.25, 0.3) is 0 Å². The lowest BCUT2D eigenvalue weighted by molar-refractivity contribution is 0.568. The van der Waals surface area contributed by atoms with E-state index in [2.05, 4.69) is 37.2 Å². The summed E-state index contributed by atoms with van der Waals surface area (Å²) < 4.78 is 28.0. The molecule has 1 unspecified atom stereocenters. The molecule has 0 bridgehead atoms.